The molecule has 160 valence electrons. The van der Waals surface area contributed by atoms with Gasteiger partial charge in [-0.1, -0.05) is 31.4 Å². The van der Waals surface area contributed by atoms with Gasteiger partial charge in [0.25, 0.3) is 5.91 Å². The lowest BCUT2D eigenvalue weighted by Crippen LogP contribution is -2.22. The van der Waals surface area contributed by atoms with Gasteiger partial charge in [0.15, 0.2) is 0 Å². The predicted molar refractivity (Wildman–Crippen MR) is 124 cm³/mol. The molecule has 1 fully saturated rings. The van der Waals surface area contributed by atoms with E-state index in [0.717, 1.165) is 28.5 Å². The number of hydrogen-bond acceptors (Lipinski definition) is 5. The Morgan fingerprint density at radius 1 is 1.00 bits per heavy atom. The monoisotopic (exact) mass is 416 g/mol. The van der Waals surface area contributed by atoms with Crippen molar-refractivity contribution in [2.45, 2.75) is 45.1 Å². The van der Waals surface area contributed by atoms with Gasteiger partial charge in [-0.25, -0.2) is 9.97 Å². The number of nitrogens with one attached hydrogen (secondary N) is 2. The first-order valence-electron chi connectivity index (χ1n) is 10.9. The Bertz CT molecular complexity index is 997. The fourth-order valence-electron chi connectivity index (χ4n) is 3.85. The van der Waals surface area contributed by atoms with Gasteiger partial charge in [-0.05, 0) is 56.2 Å². The van der Waals surface area contributed by atoms with Gasteiger partial charge in [0.1, 0.15) is 17.9 Å². The zero-order chi connectivity index (χ0) is 21.5. The second-order valence-electron chi connectivity index (χ2n) is 7.76. The highest BCUT2D eigenvalue weighted by atomic mass is 16.5. The van der Waals surface area contributed by atoms with Crippen LogP contribution in [0.1, 0.15) is 49.4 Å². The SMILES string of the molecule is CCOc1ccc(NC(=O)c2ccc(-c3cc(NC4CCCCC4)ncn3)cc2)cc1. The van der Waals surface area contributed by atoms with Gasteiger partial charge in [-0.3, -0.25) is 4.79 Å². The Kier molecular flexibility index (Phi) is 6.77. The molecule has 6 heteroatoms. The largest absolute Gasteiger partial charge is 0.494 e. The third-order valence-electron chi connectivity index (χ3n) is 5.49. The third kappa shape index (κ3) is 5.60. The molecule has 1 saturated carbocycles. The van der Waals surface area contributed by atoms with Crippen LogP contribution in [-0.2, 0) is 0 Å². The number of hydrogen-bond donors (Lipinski definition) is 2. The quantitative estimate of drug-likeness (QED) is 0.529. The third-order valence-corrected chi connectivity index (χ3v) is 5.49. The van der Waals surface area contributed by atoms with Crippen LogP contribution in [-0.4, -0.2) is 28.5 Å². The maximum absolute atomic E-state index is 12.6. The first-order valence-corrected chi connectivity index (χ1v) is 10.9. The van der Waals surface area contributed by atoms with E-state index in [9.17, 15) is 4.79 Å². The molecule has 2 N–H and O–H groups in total. The minimum absolute atomic E-state index is 0.155. The highest BCUT2D eigenvalue weighted by Gasteiger charge is 2.14. The van der Waals surface area contributed by atoms with Crippen LogP contribution in [0.3, 0.4) is 0 Å². The molecule has 1 aliphatic carbocycles. The molecule has 0 atom stereocenters. The van der Waals surface area contributed by atoms with Crippen LogP contribution in [0.25, 0.3) is 11.3 Å². The van der Waals surface area contributed by atoms with E-state index in [1.807, 2.05) is 61.5 Å². The lowest BCUT2D eigenvalue weighted by molar-refractivity contribution is 0.102. The van der Waals surface area contributed by atoms with Crippen LogP contribution in [0, 0.1) is 0 Å². The molecule has 0 radical (unpaired) electrons. The van der Waals surface area contributed by atoms with Crippen molar-refractivity contribution >= 4 is 17.4 Å². The number of rotatable bonds is 7. The van der Waals surface area contributed by atoms with Crippen molar-refractivity contribution < 1.29 is 9.53 Å². The molecule has 0 unspecified atom stereocenters. The molecule has 2 aromatic carbocycles. The Balaban J connectivity index is 1.40. The van der Waals surface area contributed by atoms with Crippen molar-refractivity contribution in [1.29, 1.82) is 0 Å². The molecule has 31 heavy (non-hydrogen) atoms. The Morgan fingerprint density at radius 3 is 2.45 bits per heavy atom. The van der Waals surface area contributed by atoms with Crippen LogP contribution in [0.5, 0.6) is 5.75 Å². The van der Waals surface area contributed by atoms with Gasteiger partial charge in [-0.15, -0.1) is 0 Å². The van der Waals surface area contributed by atoms with Crippen LogP contribution < -0.4 is 15.4 Å². The van der Waals surface area contributed by atoms with Crippen LogP contribution >= 0.6 is 0 Å². The van der Waals surface area contributed by atoms with Gasteiger partial charge < -0.3 is 15.4 Å². The van der Waals surface area contributed by atoms with E-state index in [2.05, 4.69) is 20.6 Å². The maximum Gasteiger partial charge on any atom is 0.255 e. The summed E-state index contributed by atoms with van der Waals surface area (Å²) in [5, 5.41) is 6.45. The summed E-state index contributed by atoms with van der Waals surface area (Å²) in [5.41, 5.74) is 3.11. The maximum atomic E-state index is 12.6. The molecule has 4 rings (SSSR count). The summed E-state index contributed by atoms with van der Waals surface area (Å²) in [4.78, 5) is 21.3. The molecule has 3 aromatic rings. The van der Waals surface area contributed by atoms with Crippen molar-refractivity contribution in [3.05, 3.63) is 66.5 Å². The van der Waals surface area contributed by atoms with E-state index in [4.69, 9.17) is 4.74 Å². The molecular weight excluding hydrogens is 388 g/mol. The van der Waals surface area contributed by atoms with Crippen molar-refractivity contribution in [2.75, 3.05) is 17.2 Å². The second kappa shape index (κ2) is 10.1. The van der Waals surface area contributed by atoms with Gasteiger partial charge in [0, 0.05) is 28.9 Å². The lowest BCUT2D eigenvalue weighted by atomic mass is 9.95. The highest BCUT2D eigenvalue weighted by Crippen LogP contribution is 2.24. The summed E-state index contributed by atoms with van der Waals surface area (Å²) in [5.74, 6) is 1.49. The van der Waals surface area contributed by atoms with Crippen LogP contribution in [0.15, 0.2) is 60.9 Å². The zero-order valence-corrected chi connectivity index (χ0v) is 17.8. The molecule has 1 aromatic heterocycles. The standard InChI is InChI=1S/C25H28N4O2/c1-2-31-22-14-12-21(13-15-22)29-25(30)19-10-8-18(9-11-19)23-16-24(27-17-26-23)28-20-6-4-3-5-7-20/h8-17,20H,2-7H2,1H3,(H,29,30)(H,26,27,28). The normalized spacial score (nSPS) is 14.1. The molecule has 0 aliphatic heterocycles. The summed E-state index contributed by atoms with van der Waals surface area (Å²) in [7, 11) is 0. The van der Waals surface area contributed by atoms with Gasteiger partial charge >= 0.3 is 0 Å². The fourth-order valence-corrected chi connectivity index (χ4v) is 3.85. The van der Waals surface area contributed by atoms with Crippen molar-refractivity contribution in [2.24, 2.45) is 0 Å². The topological polar surface area (TPSA) is 76.1 Å². The summed E-state index contributed by atoms with van der Waals surface area (Å²) in [6.07, 6.45) is 7.85. The van der Waals surface area contributed by atoms with Gasteiger partial charge in [0.2, 0.25) is 0 Å². The van der Waals surface area contributed by atoms with E-state index in [0.29, 0.717) is 18.2 Å². The summed E-state index contributed by atoms with van der Waals surface area (Å²) in [6.45, 7) is 2.55. The fraction of sp³-hybridized carbons (Fsp3) is 0.320. The first-order chi connectivity index (χ1) is 15.2. The second-order valence-corrected chi connectivity index (χ2v) is 7.76. The molecule has 1 aliphatic rings. The number of carbonyl (C=O) groups is 1. The average Bonchev–Trinajstić information content (AvgIpc) is 2.81. The Labute approximate surface area is 183 Å². The minimum Gasteiger partial charge on any atom is -0.494 e. The number of carbonyl (C=O) groups excluding carboxylic acids is 1. The van der Waals surface area contributed by atoms with E-state index in [1.54, 1.807) is 6.33 Å². The summed E-state index contributed by atoms with van der Waals surface area (Å²) < 4.78 is 5.43. The van der Waals surface area contributed by atoms with Crippen molar-refractivity contribution in [1.82, 2.24) is 9.97 Å². The molecule has 6 nitrogen and oxygen atoms in total. The number of benzene rings is 2. The van der Waals surface area contributed by atoms with Crippen molar-refractivity contribution in [3.63, 3.8) is 0 Å². The molecule has 0 spiro atoms. The summed E-state index contributed by atoms with van der Waals surface area (Å²) in [6, 6.07) is 17.3. The highest BCUT2D eigenvalue weighted by molar-refractivity contribution is 6.04. The van der Waals surface area contributed by atoms with E-state index in [-0.39, 0.29) is 5.91 Å². The Morgan fingerprint density at radius 2 is 1.74 bits per heavy atom. The number of anilines is 2. The molecule has 0 bridgehead atoms. The molecule has 0 saturated heterocycles. The first kappa shape index (κ1) is 20.8. The lowest BCUT2D eigenvalue weighted by Gasteiger charge is -2.23. The zero-order valence-electron chi connectivity index (χ0n) is 17.8. The van der Waals surface area contributed by atoms with E-state index >= 15 is 0 Å². The molecule has 1 amide bonds. The van der Waals surface area contributed by atoms with Gasteiger partial charge in [-0.2, -0.15) is 0 Å². The average molecular weight is 417 g/mol. The van der Waals surface area contributed by atoms with E-state index < -0.39 is 0 Å². The van der Waals surface area contributed by atoms with Crippen molar-refractivity contribution in [3.8, 4) is 17.0 Å². The number of ether oxygens (including phenoxy) is 1. The number of aromatic nitrogens is 2. The van der Waals surface area contributed by atoms with Crippen LogP contribution in [0.2, 0.25) is 0 Å². The number of nitrogens with zero attached hydrogens (tertiary/aromatic N) is 2. The molecule has 1 heterocycles. The number of amides is 1. The summed E-state index contributed by atoms with van der Waals surface area (Å²) >= 11 is 0. The minimum atomic E-state index is -0.155. The smallest absolute Gasteiger partial charge is 0.255 e. The van der Waals surface area contributed by atoms with Crippen LogP contribution in [0.4, 0.5) is 11.5 Å². The predicted octanol–water partition coefficient (Wildman–Crippen LogP) is 5.54. The molecular formula is C25H28N4O2. The van der Waals surface area contributed by atoms with Gasteiger partial charge in [0.05, 0.1) is 12.3 Å². The Hall–Kier alpha value is -3.41. The van der Waals surface area contributed by atoms with E-state index in [1.165, 1.54) is 32.1 Å².